The van der Waals surface area contributed by atoms with Gasteiger partial charge < -0.3 is 10.1 Å². The summed E-state index contributed by atoms with van der Waals surface area (Å²) >= 11 is 0. The predicted octanol–water partition coefficient (Wildman–Crippen LogP) is 5.08. The van der Waals surface area contributed by atoms with Crippen molar-refractivity contribution in [1.29, 1.82) is 0 Å². The molecule has 1 aliphatic carbocycles. The van der Waals surface area contributed by atoms with E-state index < -0.39 is 0 Å². The third-order valence-corrected chi connectivity index (χ3v) is 5.51. The van der Waals surface area contributed by atoms with E-state index in [1.54, 1.807) is 0 Å². The highest BCUT2D eigenvalue weighted by molar-refractivity contribution is 5.48. The molecule has 1 spiro atoms. The Kier molecular flexibility index (Phi) is 4.49. The predicted molar refractivity (Wildman–Crippen MR) is 92.6 cm³/mol. The fourth-order valence-corrected chi connectivity index (χ4v) is 4.02. The number of hydrogen-bond donors (Lipinski definition) is 1. The van der Waals surface area contributed by atoms with Crippen molar-refractivity contribution in [3.63, 3.8) is 0 Å². The van der Waals surface area contributed by atoms with Crippen molar-refractivity contribution in [1.82, 2.24) is 5.32 Å². The lowest BCUT2D eigenvalue weighted by Gasteiger charge is -2.45. The van der Waals surface area contributed by atoms with Gasteiger partial charge in [0.2, 0.25) is 0 Å². The summed E-state index contributed by atoms with van der Waals surface area (Å²) in [6.07, 6.45) is 7.58. The van der Waals surface area contributed by atoms with E-state index in [0.29, 0.717) is 12.0 Å². The molecule has 1 aliphatic heterocycles. The van der Waals surface area contributed by atoms with E-state index in [1.807, 2.05) is 0 Å². The van der Waals surface area contributed by atoms with Crippen LogP contribution in [0.25, 0.3) is 0 Å². The van der Waals surface area contributed by atoms with Gasteiger partial charge in [-0.15, -0.1) is 0 Å². The topological polar surface area (TPSA) is 21.3 Å². The molecule has 1 atom stereocenters. The molecule has 1 aromatic rings. The van der Waals surface area contributed by atoms with Gasteiger partial charge in [0.15, 0.2) is 0 Å². The summed E-state index contributed by atoms with van der Waals surface area (Å²) in [5.41, 5.74) is 4.13. The van der Waals surface area contributed by atoms with E-state index in [9.17, 15) is 0 Å². The number of benzene rings is 1. The van der Waals surface area contributed by atoms with Crippen LogP contribution in [0, 0.1) is 19.8 Å². The normalized spacial score (nSPS) is 23.4. The maximum absolute atomic E-state index is 6.67. The zero-order chi connectivity index (χ0) is 15.7. The summed E-state index contributed by atoms with van der Waals surface area (Å²) < 4.78 is 6.67. The molecule has 0 amide bonds. The van der Waals surface area contributed by atoms with Gasteiger partial charge in [0.05, 0.1) is 0 Å². The largest absolute Gasteiger partial charge is 0.487 e. The fourth-order valence-electron chi connectivity index (χ4n) is 4.02. The van der Waals surface area contributed by atoms with Crippen LogP contribution < -0.4 is 10.1 Å². The minimum Gasteiger partial charge on any atom is -0.487 e. The first-order valence-corrected chi connectivity index (χ1v) is 9.03. The Morgan fingerprint density at radius 2 is 1.91 bits per heavy atom. The van der Waals surface area contributed by atoms with Crippen molar-refractivity contribution in [3.05, 3.63) is 28.8 Å². The van der Waals surface area contributed by atoms with E-state index in [0.717, 1.165) is 13.0 Å². The van der Waals surface area contributed by atoms with Gasteiger partial charge in [0.1, 0.15) is 11.4 Å². The third-order valence-electron chi connectivity index (χ3n) is 5.51. The van der Waals surface area contributed by atoms with Crippen molar-refractivity contribution in [3.8, 4) is 5.75 Å². The van der Waals surface area contributed by atoms with Crippen LogP contribution in [0.3, 0.4) is 0 Å². The smallest absolute Gasteiger partial charge is 0.128 e. The highest BCUT2D eigenvalue weighted by Crippen LogP contribution is 2.47. The molecule has 1 heterocycles. The Morgan fingerprint density at radius 1 is 1.18 bits per heavy atom. The van der Waals surface area contributed by atoms with Crippen molar-refractivity contribution in [2.75, 3.05) is 6.54 Å². The molecule has 1 N–H and O–H groups in total. The number of rotatable bonds is 3. The molecule has 122 valence electrons. The molecule has 2 heteroatoms. The second kappa shape index (κ2) is 6.23. The molecular weight excluding hydrogens is 270 g/mol. The monoisotopic (exact) mass is 301 g/mol. The number of nitrogens with one attached hydrogen (secondary N) is 1. The van der Waals surface area contributed by atoms with Gasteiger partial charge in [-0.2, -0.15) is 0 Å². The Labute approximate surface area is 135 Å². The molecule has 1 fully saturated rings. The van der Waals surface area contributed by atoms with Crippen LogP contribution in [0.5, 0.6) is 5.75 Å². The molecule has 3 rings (SSSR count). The first-order valence-electron chi connectivity index (χ1n) is 9.03. The SMILES string of the molecule is Cc1ccc2c(c1C)OC1(CCCCC1)CC2NCC(C)C. The lowest BCUT2D eigenvalue weighted by Crippen LogP contribution is -2.46. The number of aryl methyl sites for hydroxylation is 1. The molecule has 0 saturated heterocycles. The van der Waals surface area contributed by atoms with Crippen LogP contribution in [-0.2, 0) is 0 Å². The van der Waals surface area contributed by atoms with E-state index in [1.165, 1.54) is 54.5 Å². The Morgan fingerprint density at radius 3 is 2.59 bits per heavy atom. The first-order chi connectivity index (χ1) is 10.5. The molecule has 2 nitrogen and oxygen atoms in total. The lowest BCUT2D eigenvalue weighted by atomic mass is 9.76. The van der Waals surface area contributed by atoms with Crippen LogP contribution in [0.15, 0.2) is 12.1 Å². The fraction of sp³-hybridized carbons (Fsp3) is 0.700. The molecule has 2 aliphatic rings. The van der Waals surface area contributed by atoms with Crippen LogP contribution >= 0.6 is 0 Å². The molecule has 1 unspecified atom stereocenters. The highest BCUT2D eigenvalue weighted by atomic mass is 16.5. The maximum atomic E-state index is 6.67. The summed E-state index contributed by atoms with van der Waals surface area (Å²) in [6.45, 7) is 10.0. The van der Waals surface area contributed by atoms with E-state index in [-0.39, 0.29) is 5.60 Å². The van der Waals surface area contributed by atoms with E-state index >= 15 is 0 Å². The second-order valence-electron chi connectivity index (χ2n) is 7.83. The second-order valence-corrected chi connectivity index (χ2v) is 7.83. The standard InChI is InChI=1S/C20H31NO/c1-14(2)13-21-18-12-20(10-6-5-7-11-20)22-19-16(4)15(3)8-9-17(18)19/h8-9,14,18,21H,5-7,10-13H2,1-4H3. The molecular formula is C20H31NO. The van der Waals surface area contributed by atoms with Crippen molar-refractivity contribution in [2.24, 2.45) is 5.92 Å². The minimum atomic E-state index is 0.0818. The molecule has 0 aromatic heterocycles. The molecule has 1 saturated carbocycles. The summed E-state index contributed by atoms with van der Waals surface area (Å²) in [7, 11) is 0. The summed E-state index contributed by atoms with van der Waals surface area (Å²) in [5, 5.41) is 3.82. The number of ether oxygens (including phenoxy) is 1. The van der Waals surface area contributed by atoms with Gasteiger partial charge in [-0.05, 0) is 63.1 Å². The van der Waals surface area contributed by atoms with Crippen LogP contribution in [-0.4, -0.2) is 12.1 Å². The molecule has 22 heavy (non-hydrogen) atoms. The summed E-state index contributed by atoms with van der Waals surface area (Å²) in [4.78, 5) is 0. The zero-order valence-corrected chi connectivity index (χ0v) is 14.7. The average molecular weight is 301 g/mol. The van der Waals surface area contributed by atoms with Crippen LogP contribution in [0.2, 0.25) is 0 Å². The Bertz CT molecular complexity index is 529. The van der Waals surface area contributed by atoms with E-state index in [2.05, 4.69) is 45.1 Å². The molecule has 0 bridgehead atoms. The van der Waals surface area contributed by atoms with Crippen LogP contribution in [0.4, 0.5) is 0 Å². The van der Waals surface area contributed by atoms with Crippen LogP contribution in [0.1, 0.15) is 75.1 Å². The van der Waals surface area contributed by atoms with Gasteiger partial charge >= 0.3 is 0 Å². The first kappa shape index (κ1) is 15.9. The molecule has 1 aromatic carbocycles. The maximum Gasteiger partial charge on any atom is 0.128 e. The van der Waals surface area contributed by atoms with Gasteiger partial charge in [-0.3, -0.25) is 0 Å². The quantitative estimate of drug-likeness (QED) is 0.841. The van der Waals surface area contributed by atoms with Gasteiger partial charge in [-0.25, -0.2) is 0 Å². The van der Waals surface area contributed by atoms with Gasteiger partial charge in [0.25, 0.3) is 0 Å². The minimum absolute atomic E-state index is 0.0818. The Balaban J connectivity index is 1.94. The zero-order valence-electron chi connectivity index (χ0n) is 14.7. The Hall–Kier alpha value is -1.02. The number of fused-ring (bicyclic) bond motifs is 1. The summed E-state index contributed by atoms with van der Waals surface area (Å²) in [6, 6.07) is 4.98. The third kappa shape index (κ3) is 3.03. The summed E-state index contributed by atoms with van der Waals surface area (Å²) in [5.74, 6) is 1.86. The highest BCUT2D eigenvalue weighted by Gasteiger charge is 2.42. The van der Waals surface area contributed by atoms with Crippen molar-refractivity contribution >= 4 is 0 Å². The molecule has 0 radical (unpaired) electrons. The average Bonchev–Trinajstić information content (AvgIpc) is 2.50. The van der Waals surface area contributed by atoms with Crippen molar-refractivity contribution in [2.45, 2.75) is 77.9 Å². The lowest BCUT2D eigenvalue weighted by molar-refractivity contribution is -0.00366. The van der Waals surface area contributed by atoms with Crippen molar-refractivity contribution < 1.29 is 4.74 Å². The van der Waals surface area contributed by atoms with E-state index in [4.69, 9.17) is 4.74 Å². The van der Waals surface area contributed by atoms with Gasteiger partial charge in [0, 0.05) is 18.0 Å². The number of hydrogen-bond acceptors (Lipinski definition) is 2. The van der Waals surface area contributed by atoms with Gasteiger partial charge in [-0.1, -0.05) is 32.4 Å².